The standard InChI is InChI=1S/C21H14N2O3S/c24-20-19(11-13-8-9-17-18(10-13)26-12-25-17)27-21(23-20)22-16-7-3-5-14-4-1-2-6-15(14)16/h1-11H,12H2,(H,22,23,24). The number of fused-ring (bicyclic) bond motifs is 2. The highest BCUT2D eigenvalue weighted by molar-refractivity contribution is 8.18. The Hall–Kier alpha value is -3.25. The van der Waals surface area contributed by atoms with Gasteiger partial charge >= 0.3 is 0 Å². The molecule has 132 valence electrons. The Morgan fingerprint density at radius 3 is 2.81 bits per heavy atom. The van der Waals surface area contributed by atoms with Gasteiger partial charge in [-0.25, -0.2) is 4.99 Å². The summed E-state index contributed by atoms with van der Waals surface area (Å²) in [4.78, 5) is 17.6. The molecule has 3 aromatic rings. The molecule has 0 saturated carbocycles. The van der Waals surface area contributed by atoms with E-state index >= 15 is 0 Å². The summed E-state index contributed by atoms with van der Waals surface area (Å²) in [5.41, 5.74) is 1.71. The van der Waals surface area contributed by atoms with E-state index in [0.29, 0.717) is 15.8 Å². The fraction of sp³-hybridized carbons (Fsp3) is 0.0476. The normalized spacial score (nSPS) is 18.4. The van der Waals surface area contributed by atoms with Gasteiger partial charge in [0, 0.05) is 5.39 Å². The predicted molar refractivity (Wildman–Crippen MR) is 107 cm³/mol. The molecule has 2 aliphatic heterocycles. The molecular weight excluding hydrogens is 360 g/mol. The summed E-state index contributed by atoms with van der Waals surface area (Å²) in [5.74, 6) is 1.26. The first-order chi connectivity index (χ1) is 13.3. The van der Waals surface area contributed by atoms with Gasteiger partial charge in [0.2, 0.25) is 6.79 Å². The molecule has 1 fully saturated rings. The minimum atomic E-state index is -0.156. The van der Waals surface area contributed by atoms with Gasteiger partial charge < -0.3 is 14.8 Å². The van der Waals surface area contributed by atoms with E-state index in [-0.39, 0.29) is 12.7 Å². The molecular formula is C21H14N2O3S. The predicted octanol–water partition coefficient (Wildman–Crippen LogP) is 4.46. The van der Waals surface area contributed by atoms with Crippen LogP contribution in [0.1, 0.15) is 5.56 Å². The molecule has 2 heterocycles. The van der Waals surface area contributed by atoms with Crippen molar-refractivity contribution in [3.8, 4) is 11.5 Å². The van der Waals surface area contributed by atoms with Gasteiger partial charge in [-0.15, -0.1) is 0 Å². The van der Waals surface area contributed by atoms with E-state index in [1.807, 2.05) is 66.7 Å². The first-order valence-corrected chi connectivity index (χ1v) is 9.25. The van der Waals surface area contributed by atoms with Crippen molar-refractivity contribution in [3.63, 3.8) is 0 Å². The second kappa shape index (κ2) is 6.48. The minimum Gasteiger partial charge on any atom is -0.454 e. The Morgan fingerprint density at radius 2 is 1.85 bits per heavy atom. The number of nitrogens with one attached hydrogen (secondary N) is 1. The van der Waals surface area contributed by atoms with E-state index in [2.05, 4.69) is 10.3 Å². The number of carbonyl (C=O) groups excluding carboxylic acids is 1. The summed E-state index contributed by atoms with van der Waals surface area (Å²) >= 11 is 1.33. The van der Waals surface area contributed by atoms with E-state index in [0.717, 1.165) is 27.8 Å². The molecule has 0 aromatic heterocycles. The molecule has 27 heavy (non-hydrogen) atoms. The van der Waals surface area contributed by atoms with Gasteiger partial charge in [0.1, 0.15) is 0 Å². The zero-order chi connectivity index (χ0) is 18.2. The molecule has 1 saturated heterocycles. The molecule has 0 unspecified atom stereocenters. The van der Waals surface area contributed by atoms with Crippen molar-refractivity contribution in [2.45, 2.75) is 0 Å². The number of carbonyl (C=O) groups is 1. The third kappa shape index (κ3) is 3.04. The molecule has 0 radical (unpaired) electrons. The van der Waals surface area contributed by atoms with Crippen LogP contribution >= 0.6 is 11.8 Å². The summed E-state index contributed by atoms with van der Waals surface area (Å²) < 4.78 is 10.7. The van der Waals surface area contributed by atoms with Gasteiger partial charge in [-0.3, -0.25) is 4.79 Å². The Bertz CT molecular complexity index is 1130. The Morgan fingerprint density at radius 1 is 1.00 bits per heavy atom. The summed E-state index contributed by atoms with van der Waals surface area (Å²) in [7, 11) is 0. The highest BCUT2D eigenvalue weighted by atomic mass is 32.2. The molecule has 0 atom stereocenters. The molecule has 6 heteroatoms. The van der Waals surface area contributed by atoms with Crippen LogP contribution in [0.5, 0.6) is 11.5 Å². The highest BCUT2D eigenvalue weighted by Gasteiger charge is 2.24. The van der Waals surface area contributed by atoms with Gasteiger partial charge in [0.05, 0.1) is 10.6 Å². The monoisotopic (exact) mass is 374 g/mol. The third-order valence-corrected chi connectivity index (χ3v) is 5.24. The number of benzene rings is 3. The summed E-state index contributed by atoms with van der Waals surface area (Å²) in [6, 6.07) is 19.6. The molecule has 0 aliphatic carbocycles. The molecule has 3 aromatic carbocycles. The van der Waals surface area contributed by atoms with Crippen LogP contribution in [0.4, 0.5) is 5.69 Å². The number of thioether (sulfide) groups is 1. The van der Waals surface area contributed by atoms with Crippen LogP contribution in [0.25, 0.3) is 16.8 Å². The van der Waals surface area contributed by atoms with E-state index in [1.54, 1.807) is 0 Å². The summed E-state index contributed by atoms with van der Waals surface area (Å²) in [6.45, 7) is 0.229. The number of hydrogen-bond acceptors (Lipinski definition) is 5. The van der Waals surface area contributed by atoms with Crippen LogP contribution in [-0.4, -0.2) is 17.9 Å². The second-order valence-corrected chi connectivity index (χ2v) is 7.12. The number of ether oxygens (including phenoxy) is 2. The van der Waals surface area contributed by atoms with Gasteiger partial charge in [-0.2, -0.15) is 0 Å². The Kier molecular flexibility index (Phi) is 3.83. The average molecular weight is 374 g/mol. The molecule has 0 bridgehead atoms. The lowest BCUT2D eigenvalue weighted by molar-refractivity contribution is -0.115. The first-order valence-electron chi connectivity index (χ1n) is 8.43. The van der Waals surface area contributed by atoms with Crippen LogP contribution in [0.15, 0.2) is 70.6 Å². The Labute approximate surface area is 159 Å². The van der Waals surface area contributed by atoms with Gasteiger partial charge in [0.25, 0.3) is 5.91 Å². The number of amides is 1. The SMILES string of the molecule is O=C1NC(=Nc2cccc3ccccc23)SC1=Cc1ccc2c(c1)OCO2. The zero-order valence-electron chi connectivity index (χ0n) is 14.1. The number of hydrogen-bond donors (Lipinski definition) is 1. The first kappa shape index (κ1) is 16.0. The van der Waals surface area contributed by atoms with Crippen molar-refractivity contribution >= 4 is 45.4 Å². The van der Waals surface area contributed by atoms with E-state index in [4.69, 9.17) is 9.47 Å². The quantitative estimate of drug-likeness (QED) is 0.673. The second-order valence-electron chi connectivity index (χ2n) is 6.09. The van der Waals surface area contributed by atoms with Crippen molar-refractivity contribution < 1.29 is 14.3 Å². The zero-order valence-corrected chi connectivity index (χ0v) is 15.0. The largest absolute Gasteiger partial charge is 0.454 e. The number of amidine groups is 1. The van der Waals surface area contributed by atoms with Crippen molar-refractivity contribution in [2.75, 3.05) is 6.79 Å². The fourth-order valence-corrected chi connectivity index (χ4v) is 3.88. The number of nitrogens with zero attached hydrogens (tertiary/aromatic N) is 1. The van der Waals surface area contributed by atoms with Gasteiger partial charge in [-0.05, 0) is 47.0 Å². The van der Waals surface area contributed by atoms with Crippen molar-refractivity contribution in [2.24, 2.45) is 4.99 Å². The topological polar surface area (TPSA) is 59.9 Å². The lowest BCUT2D eigenvalue weighted by Crippen LogP contribution is -2.19. The lowest BCUT2D eigenvalue weighted by Gasteiger charge is -2.02. The van der Waals surface area contributed by atoms with Crippen LogP contribution in [0, 0.1) is 0 Å². The van der Waals surface area contributed by atoms with Crippen LogP contribution < -0.4 is 14.8 Å². The van der Waals surface area contributed by atoms with Crippen molar-refractivity contribution in [1.29, 1.82) is 0 Å². The maximum Gasteiger partial charge on any atom is 0.264 e. The highest BCUT2D eigenvalue weighted by Crippen LogP contribution is 2.35. The Balaban J connectivity index is 1.45. The fourth-order valence-electron chi connectivity index (χ4n) is 3.05. The van der Waals surface area contributed by atoms with Crippen LogP contribution in [-0.2, 0) is 4.79 Å². The molecule has 2 aliphatic rings. The molecule has 1 amide bonds. The smallest absolute Gasteiger partial charge is 0.264 e. The van der Waals surface area contributed by atoms with E-state index in [9.17, 15) is 4.79 Å². The summed E-state index contributed by atoms with van der Waals surface area (Å²) in [5, 5.41) is 5.58. The maximum atomic E-state index is 12.3. The number of rotatable bonds is 2. The van der Waals surface area contributed by atoms with E-state index in [1.165, 1.54) is 11.8 Å². The maximum absolute atomic E-state index is 12.3. The van der Waals surface area contributed by atoms with Crippen molar-refractivity contribution in [3.05, 3.63) is 71.1 Å². The molecule has 0 spiro atoms. The van der Waals surface area contributed by atoms with Crippen LogP contribution in [0.2, 0.25) is 0 Å². The van der Waals surface area contributed by atoms with Gasteiger partial charge in [0.15, 0.2) is 16.7 Å². The van der Waals surface area contributed by atoms with Crippen LogP contribution in [0.3, 0.4) is 0 Å². The minimum absolute atomic E-state index is 0.156. The lowest BCUT2D eigenvalue weighted by atomic mass is 10.1. The number of aliphatic imine (C=N–C) groups is 1. The average Bonchev–Trinajstić information content (AvgIpc) is 3.28. The van der Waals surface area contributed by atoms with Gasteiger partial charge in [-0.1, -0.05) is 42.5 Å². The molecule has 5 rings (SSSR count). The molecule has 1 N–H and O–H groups in total. The third-order valence-electron chi connectivity index (χ3n) is 4.33. The van der Waals surface area contributed by atoms with E-state index < -0.39 is 0 Å². The summed E-state index contributed by atoms with van der Waals surface area (Å²) in [6.07, 6.45) is 1.83. The molecule has 5 nitrogen and oxygen atoms in total. The van der Waals surface area contributed by atoms with Crippen molar-refractivity contribution in [1.82, 2.24) is 5.32 Å².